The first kappa shape index (κ1) is 12.3. The molecule has 90 valence electrons. The van der Waals surface area contributed by atoms with Gasteiger partial charge in [0.05, 0.1) is 5.75 Å². The van der Waals surface area contributed by atoms with E-state index >= 15 is 0 Å². The van der Waals surface area contributed by atoms with Crippen LogP contribution in [0.3, 0.4) is 0 Å². The Bertz CT molecular complexity index is 452. The molecule has 1 fully saturated rings. The van der Waals surface area contributed by atoms with Crippen molar-refractivity contribution in [3.05, 3.63) is 35.9 Å². The molecule has 6 heteroatoms. The smallest absolute Gasteiger partial charge is 0.235 e. The number of thioether (sulfide) groups is 1. The molecule has 0 spiro atoms. The minimum atomic E-state index is -1.27. The lowest BCUT2D eigenvalue weighted by atomic mass is 10.0. The summed E-state index contributed by atoms with van der Waals surface area (Å²) in [6, 6.07) is 9.17. The van der Waals surface area contributed by atoms with Gasteiger partial charge in [-0.2, -0.15) is 0 Å². The molecular weight excluding hydrogens is 256 g/mol. The van der Waals surface area contributed by atoms with Crippen LogP contribution in [-0.2, 0) is 10.5 Å². The molecule has 1 aliphatic heterocycles. The van der Waals surface area contributed by atoms with Crippen molar-refractivity contribution < 1.29 is 9.90 Å². The Labute approximate surface area is 109 Å². The van der Waals surface area contributed by atoms with Gasteiger partial charge in [0.1, 0.15) is 0 Å². The fourth-order valence-electron chi connectivity index (χ4n) is 1.66. The highest BCUT2D eigenvalue weighted by molar-refractivity contribution is 8.23. The van der Waals surface area contributed by atoms with E-state index in [1.807, 2.05) is 30.3 Å². The summed E-state index contributed by atoms with van der Waals surface area (Å²) in [5, 5.41) is 12.0. The zero-order valence-electron chi connectivity index (χ0n) is 9.21. The topological polar surface area (TPSA) is 52.6 Å². The van der Waals surface area contributed by atoms with Gasteiger partial charge in [-0.1, -0.05) is 54.3 Å². The van der Waals surface area contributed by atoms with E-state index < -0.39 is 5.72 Å². The number of carbonyl (C=O) groups is 1. The molecule has 1 unspecified atom stereocenters. The van der Waals surface area contributed by atoms with Crippen LogP contribution < -0.4 is 5.43 Å². The summed E-state index contributed by atoms with van der Waals surface area (Å²) in [6.45, 7) is 1.39. The highest BCUT2D eigenvalue weighted by Crippen LogP contribution is 2.37. The molecule has 1 aromatic rings. The zero-order chi connectivity index (χ0) is 12.5. The Morgan fingerprint density at radius 1 is 1.53 bits per heavy atom. The van der Waals surface area contributed by atoms with Crippen molar-refractivity contribution in [1.82, 2.24) is 10.4 Å². The summed E-state index contributed by atoms with van der Waals surface area (Å²) in [6.07, 6.45) is 0. The van der Waals surface area contributed by atoms with Crippen LogP contribution in [0.5, 0.6) is 0 Å². The molecule has 0 aromatic heterocycles. The Morgan fingerprint density at radius 3 is 2.76 bits per heavy atom. The molecule has 0 bridgehead atoms. The van der Waals surface area contributed by atoms with Gasteiger partial charge in [-0.05, 0) is 0 Å². The standard InChI is InChI=1S/C11H12N2O2S2/c1-8(14)12-13-10(16)17-7-11(13,15)9-5-3-2-4-6-9/h2-6,15H,7H2,1H3,(H,12,14). The van der Waals surface area contributed by atoms with Crippen molar-refractivity contribution in [3.8, 4) is 0 Å². The number of rotatable bonds is 2. The molecule has 1 aromatic carbocycles. The molecule has 2 rings (SSSR count). The third kappa shape index (κ3) is 2.29. The number of nitrogens with one attached hydrogen (secondary N) is 1. The highest BCUT2D eigenvalue weighted by atomic mass is 32.2. The quantitative estimate of drug-likeness (QED) is 0.790. The number of hydrogen-bond acceptors (Lipinski definition) is 4. The third-order valence-electron chi connectivity index (χ3n) is 2.45. The van der Waals surface area contributed by atoms with E-state index in [9.17, 15) is 9.90 Å². The van der Waals surface area contributed by atoms with Gasteiger partial charge in [-0.3, -0.25) is 10.2 Å². The van der Waals surface area contributed by atoms with Gasteiger partial charge < -0.3 is 5.11 Å². The predicted octanol–water partition coefficient (Wildman–Crippen LogP) is 1.22. The number of thiocarbonyl (C=S) groups is 1. The number of hydrazine groups is 1. The van der Waals surface area contributed by atoms with Crippen LogP contribution >= 0.6 is 24.0 Å². The van der Waals surface area contributed by atoms with Crippen molar-refractivity contribution in [2.45, 2.75) is 12.6 Å². The number of amides is 1. The fourth-order valence-corrected chi connectivity index (χ4v) is 2.98. The summed E-state index contributed by atoms with van der Waals surface area (Å²) < 4.78 is 0.464. The summed E-state index contributed by atoms with van der Waals surface area (Å²) in [7, 11) is 0. The molecule has 1 saturated heterocycles. The number of hydrogen-bond donors (Lipinski definition) is 2. The lowest BCUT2D eigenvalue weighted by molar-refractivity contribution is -0.132. The van der Waals surface area contributed by atoms with Crippen LogP contribution in [-0.4, -0.2) is 26.1 Å². The minimum Gasteiger partial charge on any atom is -0.365 e. The summed E-state index contributed by atoms with van der Waals surface area (Å²) in [5.74, 6) is 0.139. The van der Waals surface area contributed by atoms with Crippen molar-refractivity contribution in [3.63, 3.8) is 0 Å². The Hall–Kier alpha value is -1.11. The average Bonchev–Trinajstić information content (AvgIpc) is 2.59. The van der Waals surface area contributed by atoms with E-state index in [0.717, 1.165) is 0 Å². The number of carbonyl (C=O) groups excluding carboxylic acids is 1. The Kier molecular flexibility index (Phi) is 3.37. The summed E-state index contributed by atoms with van der Waals surface area (Å²) in [5.41, 5.74) is 2.00. The number of nitrogens with zero attached hydrogens (tertiary/aromatic N) is 1. The van der Waals surface area contributed by atoms with E-state index in [-0.39, 0.29) is 5.91 Å². The van der Waals surface area contributed by atoms with E-state index in [4.69, 9.17) is 12.2 Å². The van der Waals surface area contributed by atoms with Crippen molar-refractivity contribution in [1.29, 1.82) is 0 Å². The number of benzene rings is 1. The van der Waals surface area contributed by atoms with Crippen LogP contribution in [0.1, 0.15) is 12.5 Å². The van der Waals surface area contributed by atoms with Crippen LogP contribution in [0.2, 0.25) is 0 Å². The van der Waals surface area contributed by atoms with Gasteiger partial charge in [0.2, 0.25) is 5.91 Å². The molecule has 2 N–H and O–H groups in total. The molecule has 4 nitrogen and oxygen atoms in total. The second kappa shape index (κ2) is 4.64. The molecule has 1 aliphatic rings. The molecule has 0 radical (unpaired) electrons. The lowest BCUT2D eigenvalue weighted by Crippen LogP contribution is -2.53. The SMILES string of the molecule is CC(=O)NN1C(=S)SCC1(O)c1ccccc1. The maximum atomic E-state index is 11.1. The first-order valence-electron chi connectivity index (χ1n) is 5.06. The third-order valence-corrected chi connectivity index (χ3v) is 3.97. The lowest BCUT2D eigenvalue weighted by Gasteiger charge is -2.33. The van der Waals surface area contributed by atoms with Gasteiger partial charge in [-0.15, -0.1) is 0 Å². The molecule has 1 atom stereocenters. The molecule has 1 amide bonds. The van der Waals surface area contributed by atoms with Gasteiger partial charge in [-0.25, -0.2) is 5.01 Å². The maximum Gasteiger partial charge on any atom is 0.235 e. The fraction of sp³-hybridized carbons (Fsp3) is 0.273. The molecule has 0 aliphatic carbocycles. The van der Waals surface area contributed by atoms with Crippen LogP contribution in [0, 0.1) is 0 Å². The monoisotopic (exact) mass is 268 g/mol. The molecule has 17 heavy (non-hydrogen) atoms. The minimum absolute atomic E-state index is 0.260. The Balaban J connectivity index is 2.35. The second-order valence-corrected chi connectivity index (χ2v) is 5.35. The Morgan fingerprint density at radius 2 is 2.18 bits per heavy atom. The normalized spacial score (nSPS) is 23.9. The molecule has 1 heterocycles. The predicted molar refractivity (Wildman–Crippen MR) is 71.1 cm³/mol. The first-order chi connectivity index (χ1) is 8.04. The van der Waals surface area contributed by atoms with Gasteiger partial charge in [0, 0.05) is 12.5 Å². The van der Waals surface area contributed by atoms with E-state index in [1.165, 1.54) is 23.7 Å². The molecular formula is C11H12N2O2S2. The van der Waals surface area contributed by atoms with Crippen molar-refractivity contribution in [2.75, 3.05) is 5.75 Å². The van der Waals surface area contributed by atoms with E-state index in [1.54, 1.807) is 0 Å². The number of aliphatic hydroxyl groups is 1. The van der Waals surface area contributed by atoms with Crippen LogP contribution in [0.4, 0.5) is 0 Å². The molecule has 0 saturated carbocycles. The van der Waals surface area contributed by atoms with Gasteiger partial charge in [0.15, 0.2) is 10.0 Å². The second-order valence-electron chi connectivity index (χ2n) is 3.74. The maximum absolute atomic E-state index is 11.1. The highest BCUT2D eigenvalue weighted by Gasteiger charge is 2.44. The van der Waals surface area contributed by atoms with Crippen LogP contribution in [0.15, 0.2) is 30.3 Å². The van der Waals surface area contributed by atoms with Gasteiger partial charge in [0.25, 0.3) is 0 Å². The summed E-state index contributed by atoms with van der Waals surface area (Å²) >= 11 is 6.46. The largest absolute Gasteiger partial charge is 0.365 e. The van der Waals surface area contributed by atoms with E-state index in [2.05, 4.69) is 5.43 Å². The van der Waals surface area contributed by atoms with E-state index in [0.29, 0.717) is 15.6 Å². The zero-order valence-corrected chi connectivity index (χ0v) is 10.8. The van der Waals surface area contributed by atoms with Crippen molar-refractivity contribution >= 4 is 34.2 Å². The van der Waals surface area contributed by atoms with Gasteiger partial charge >= 0.3 is 0 Å². The average molecular weight is 268 g/mol. The summed E-state index contributed by atoms with van der Waals surface area (Å²) in [4.78, 5) is 11.1. The van der Waals surface area contributed by atoms with Crippen LogP contribution in [0.25, 0.3) is 0 Å². The first-order valence-corrected chi connectivity index (χ1v) is 6.45. The van der Waals surface area contributed by atoms with Crippen molar-refractivity contribution in [2.24, 2.45) is 0 Å².